The van der Waals surface area contributed by atoms with Crippen LogP contribution < -0.4 is 34.5 Å². The highest BCUT2D eigenvalue weighted by Crippen LogP contribution is 2.20. The lowest BCUT2D eigenvalue weighted by Crippen LogP contribution is -2.13. The van der Waals surface area contributed by atoms with Gasteiger partial charge in [0.05, 0.1) is 0 Å². The first-order valence-corrected chi connectivity index (χ1v) is 22.2. The van der Waals surface area contributed by atoms with E-state index in [0.717, 1.165) is 46.1 Å². The van der Waals surface area contributed by atoms with E-state index in [1.165, 1.54) is 48.5 Å². The summed E-state index contributed by atoms with van der Waals surface area (Å²) < 4.78 is 25.9. The highest BCUT2D eigenvalue weighted by atomic mass is 79.9. The van der Waals surface area contributed by atoms with Crippen LogP contribution in [0.25, 0.3) is 22.1 Å². The molecule has 11 rings (SSSR count). The zero-order valence-corrected chi connectivity index (χ0v) is 41.6. The van der Waals surface area contributed by atoms with E-state index < -0.39 is 0 Å². The van der Waals surface area contributed by atoms with Crippen molar-refractivity contribution in [1.82, 2.24) is 67.6 Å². The molecular weight excluding hydrogens is 979 g/mol. The third-order valence-electron chi connectivity index (χ3n) is 9.68. The van der Waals surface area contributed by atoms with Crippen LogP contribution >= 0.6 is 15.9 Å². The number of halogens is 1. The molecule has 0 radical (unpaired) electrons. The third kappa shape index (κ3) is 15.5. The number of rotatable bonds is 4. The van der Waals surface area contributed by atoms with Gasteiger partial charge in [0.25, 0.3) is 0 Å². The van der Waals surface area contributed by atoms with Gasteiger partial charge in [-0.15, -0.1) is 0 Å². The molecule has 0 aromatic carbocycles. The number of nitriles is 1. The number of hydrogen-bond donors (Lipinski definition) is 6. The Bertz CT molecular complexity index is 3190. The van der Waals surface area contributed by atoms with Crippen LogP contribution in [0.2, 0.25) is 0 Å². The van der Waals surface area contributed by atoms with Gasteiger partial charge in [-0.3, -0.25) is 9.47 Å². The molecule has 0 spiro atoms. The molecule has 0 bridgehead atoms. The third-order valence-corrected chi connectivity index (χ3v) is 10.3. The van der Waals surface area contributed by atoms with Crippen molar-refractivity contribution in [2.45, 2.75) is 45.7 Å². The van der Waals surface area contributed by atoms with Crippen molar-refractivity contribution < 1.29 is 20.4 Å². The molecule has 2 atom stereocenters. The van der Waals surface area contributed by atoms with Gasteiger partial charge in [0, 0.05) is 71.5 Å². The standard InChI is InChI=1S/C8H8N4O.C8H10N4.C6H5BrN4.C6H6N4.C6H12O3.C5H5N3.C5H7N.CH5N/c1-5(13)6-2-3-7-8(9)10-4-11-12(6)7;1-2-6-3-4-7-8(9)10-5-11-12(6)7;7-5-2-1-4-6(8)9-3-10-11(4)5;7-6-5-2-1-3-10(5)9-4-8-6;1-7-5-3-4-6(8-2)9-5;6-4-5-2-1-3-8(5)7;1-6-4-2-3-5-6;1-2/h2-4H,1H3,(H2,9,10,11);3-5H,2H2,1H3,(H2,9,10,11);1-3H,(H2,8,9,10);1-4H,(H2,7,8,9);5-6H,3-4H2,1-2H3;1-3H,7H2;2-5H,1H3;2H2,1H3/p+1. The van der Waals surface area contributed by atoms with Gasteiger partial charge < -0.3 is 53.3 Å². The Kier molecular flexibility index (Phi) is 21.8. The first kappa shape index (κ1) is 55.1. The summed E-state index contributed by atoms with van der Waals surface area (Å²) >= 11 is 3.32. The van der Waals surface area contributed by atoms with Crippen molar-refractivity contribution in [3.05, 3.63) is 145 Å². The predicted octanol–water partition coefficient (Wildman–Crippen LogP) is 4.30. The number of anilines is 4. The molecule has 12 N–H and O–H groups in total. The Morgan fingerprint density at radius 3 is 1.65 bits per heavy atom. The maximum atomic E-state index is 11.1. The van der Waals surface area contributed by atoms with Gasteiger partial charge >= 0.3 is 1.43 Å². The lowest BCUT2D eigenvalue weighted by Gasteiger charge is -2.09. The number of carbonyl (C=O) groups is 1. The van der Waals surface area contributed by atoms with Gasteiger partial charge in [-0.05, 0) is 102 Å². The number of nitrogens with two attached hydrogens (primary N) is 6. The van der Waals surface area contributed by atoms with Gasteiger partial charge in [0.2, 0.25) is 0 Å². The zero-order chi connectivity index (χ0) is 51.9. The highest BCUT2D eigenvalue weighted by Gasteiger charge is 2.24. The van der Waals surface area contributed by atoms with Gasteiger partial charge in [0.15, 0.2) is 41.6 Å². The van der Waals surface area contributed by atoms with Crippen LogP contribution in [0, 0.1) is 11.3 Å². The number of aromatic nitrogens is 14. The minimum atomic E-state index is -0.0463. The smallest absolute Gasteiger partial charge is 0.382 e. The van der Waals surface area contributed by atoms with Crippen molar-refractivity contribution in [3.8, 4) is 6.07 Å². The molecule has 0 saturated carbocycles. The summed E-state index contributed by atoms with van der Waals surface area (Å²) in [5.74, 6) is 7.12. The van der Waals surface area contributed by atoms with E-state index >= 15 is 0 Å². The molecule has 26 heteroatoms. The highest BCUT2D eigenvalue weighted by molar-refractivity contribution is 9.10. The lowest BCUT2D eigenvalue weighted by atomic mass is 10.3. The molecule has 1 fully saturated rings. The SMILES string of the molecule is CC(=O)c1ccc2c(N)ncnn12.CCc1ccc2c(N)ncnn12.CN.COC1CCC(OC)O1.Cn1cccc1.N#Cc1cccn1N.Nc1ncnn2c(Br)ccc12.Nc1ncnn2cccc12.[H+]. The fourth-order valence-corrected chi connectivity index (χ4v) is 6.55. The van der Waals surface area contributed by atoms with E-state index in [-0.39, 0.29) is 19.8 Å². The number of ether oxygens (including phenoxy) is 3. The average Bonchev–Trinajstić information content (AvgIpc) is 4.25. The maximum absolute atomic E-state index is 11.1. The summed E-state index contributed by atoms with van der Waals surface area (Å²) in [7, 11) is 6.78. The minimum absolute atomic E-state index is 0. The number of nitrogens with zero attached hydrogens (tertiary/aromatic N) is 15. The summed E-state index contributed by atoms with van der Waals surface area (Å²) in [4.78, 5) is 26.5. The molecule has 10 aromatic rings. The number of Topliss-reactive ketones (excluding diaryl/α,β-unsaturated/α-hetero) is 1. The van der Waals surface area contributed by atoms with Gasteiger partial charge in [-0.25, -0.2) is 38.0 Å². The van der Waals surface area contributed by atoms with Crippen molar-refractivity contribution in [1.29, 1.82) is 5.26 Å². The normalized spacial score (nSPS) is 13.1. The first-order valence-electron chi connectivity index (χ1n) is 21.4. The second-order valence-corrected chi connectivity index (χ2v) is 15.0. The number of carbonyl (C=O) groups excluding carboxylic acids is 1. The molecule has 25 nitrogen and oxygen atoms in total. The largest absolute Gasteiger partial charge is 1.00 e. The summed E-state index contributed by atoms with van der Waals surface area (Å²) in [6.45, 7) is 3.57. The summed E-state index contributed by atoms with van der Waals surface area (Å²) in [6.07, 6.45) is 15.8. The van der Waals surface area contributed by atoms with Gasteiger partial charge in [-0.2, -0.15) is 25.7 Å². The van der Waals surface area contributed by atoms with E-state index in [0.29, 0.717) is 40.2 Å². The molecule has 71 heavy (non-hydrogen) atoms. The summed E-state index contributed by atoms with van der Waals surface area (Å²) in [6, 6.07) is 24.1. The second-order valence-electron chi connectivity index (χ2n) is 14.2. The summed E-state index contributed by atoms with van der Waals surface area (Å²) in [5.41, 5.74) is 32.2. The average molecular weight is 1040 g/mol. The van der Waals surface area contributed by atoms with Crippen molar-refractivity contribution in [3.63, 3.8) is 0 Å². The molecule has 1 saturated heterocycles. The molecular formula is C45H59BrN21O4+. The maximum Gasteiger partial charge on any atom is 1.00 e. The number of hydrogen-bond acceptors (Lipinski definition) is 19. The van der Waals surface area contributed by atoms with Crippen LogP contribution in [0.15, 0.2) is 127 Å². The van der Waals surface area contributed by atoms with Crippen LogP contribution in [0.5, 0.6) is 0 Å². The fourth-order valence-electron chi connectivity index (χ4n) is 6.13. The predicted molar refractivity (Wildman–Crippen MR) is 275 cm³/mol. The van der Waals surface area contributed by atoms with Crippen LogP contribution in [0.4, 0.5) is 23.3 Å². The molecule has 2 unspecified atom stereocenters. The van der Waals surface area contributed by atoms with Gasteiger partial charge in [0.1, 0.15) is 69.4 Å². The first-order chi connectivity index (χ1) is 34.3. The molecule has 1 aliphatic heterocycles. The second kappa shape index (κ2) is 28.1. The van der Waals surface area contributed by atoms with Gasteiger partial charge in [-0.1, -0.05) is 6.92 Å². The van der Waals surface area contributed by atoms with Crippen LogP contribution in [0.1, 0.15) is 50.0 Å². The van der Waals surface area contributed by atoms with E-state index in [2.05, 4.69) is 68.9 Å². The number of fused-ring (bicyclic) bond motifs is 4. The fraction of sp³-hybridized carbons (Fsp3) is 0.244. The Balaban J connectivity index is 0.000000222. The van der Waals surface area contributed by atoms with E-state index in [1.807, 2.05) is 89.3 Å². The molecule has 374 valence electrons. The summed E-state index contributed by atoms with van der Waals surface area (Å²) in [5, 5.41) is 24.2. The Hall–Kier alpha value is -8.48. The van der Waals surface area contributed by atoms with E-state index in [4.69, 9.17) is 48.2 Å². The number of nitrogen functional groups attached to an aromatic ring is 5. The Morgan fingerprint density at radius 2 is 1.20 bits per heavy atom. The van der Waals surface area contributed by atoms with Crippen molar-refractivity contribution >= 4 is 67.1 Å². The topological polar surface area (TPSA) is 355 Å². The van der Waals surface area contributed by atoms with Crippen LogP contribution in [-0.2, 0) is 27.7 Å². The Labute approximate surface area is 418 Å². The quantitative estimate of drug-likeness (QED) is 0.106. The number of ketones is 1. The monoisotopic (exact) mass is 1040 g/mol. The molecule has 0 aliphatic carbocycles. The van der Waals surface area contributed by atoms with Crippen LogP contribution in [0.3, 0.4) is 0 Å². The zero-order valence-electron chi connectivity index (χ0n) is 41.0. The van der Waals surface area contributed by atoms with E-state index in [1.54, 1.807) is 53.7 Å². The number of aryl methyl sites for hydroxylation is 2. The molecule has 1 aliphatic rings. The van der Waals surface area contributed by atoms with Crippen molar-refractivity contribution in [2.24, 2.45) is 12.8 Å². The van der Waals surface area contributed by atoms with Crippen LogP contribution in [-0.4, -0.2) is 107 Å². The molecule has 10 aromatic heterocycles. The molecule has 0 amide bonds. The Morgan fingerprint density at radius 1 is 0.704 bits per heavy atom. The van der Waals surface area contributed by atoms with Crippen molar-refractivity contribution in [2.75, 3.05) is 50.0 Å². The molecule has 11 heterocycles. The minimum Gasteiger partial charge on any atom is -0.382 e. The van der Waals surface area contributed by atoms with E-state index in [9.17, 15) is 4.79 Å². The lowest BCUT2D eigenvalue weighted by molar-refractivity contribution is -0.185. The number of methoxy groups -OCH3 is 2.